The Morgan fingerprint density at radius 2 is 1.85 bits per heavy atom. The second-order valence-corrected chi connectivity index (χ2v) is 6.08. The molecule has 1 N–H and O–H groups in total. The average molecular weight is 369 g/mol. The Labute approximate surface area is 156 Å². The minimum Gasteiger partial charge on any atom is -0.497 e. The van der Waals surface area contributed by atoms with Gasteiger partial charge in [-0.3, -0.25) is 9.59 Å². The largest absolute Gasteiger partial charge is 0.497 e. The first kappa shape index (κ1) is 18.4. The van der Waals surface area contributed by atoms with Crippen LogP contribution in [0.2, 0.25) is 0 Å². The van der Waals surface area contributed by atoms with Gasteiger partial charge in [-0.1, -0.05) is 0 Å². The molecule has 3 rings (SSSR count). The fraction of sp³-hybridized carbons (Fsp3) is 0.250. The highest BCUT2D eigenvalue weighted by atomic mass is 16.5. The molecule has 140 valence electrons. The maximum Gasteiger partial charge on any atom is 0.342 e. The van der Waals surface area contributed by atoms with Gasteiger partial charge in [-0.25, -0.2) is 4.79 Å². The van der Waals surface area contributed by atoms with E-state index >= 15 is 0 Å². The van der Waals surface area contributed by atoms with Gasteiger partial charge in [-0.15, -0.1) is 0 Å². The zero-order valence-corrected chi connectivity index (χ0v) is 15.2. The zero-order valence-electron chi connectivity index (χ0n) is 15.2. The molecule has 1 heterocycles. The number of Topliss-reactive ketones (excluding diaryl/α,β-unsaturated/α-hetero) is 1. The number of nitrogens with one attached hydrogen (secondary N) is 1. The van der Waals surface area contributed by atoms with Crippen LogP contribution in [0.1, 0.15) is 39.1 Å². The van der Waals surface area contributed by atoms with Crippen molar-refractivity contribution in [3.63, 3.8) is 0 Å². The maximum absolute atomic E-state index is 12.4. The summed E-state index contributed by atoms with van der Waals surface area (Å²) in [5.41, 5.74) is 2.04. The molecule has 0 unspecified atom stereocenters. The lowest BCUT2D eigenvalue weighted by Gasteiger charge is -2.10. The lowest BCUT2D eigenvalue weighted by atomic mass is 9.99. The van der Waals surface area contributed by atoms with E-state index in [-0.39, 0.29) is 23.2 Å². The number of carbonyl (C=O) groups excluding carboxylic acids is 3. The Kier molecular flexibility index (Phi) is 5.12. The third-order valence-corrected chi connectivity index (χ3v) is 4.45. The van der Waals surface area contributed by atoms with Crippen LogP contribution >= 0.6 is 0 Å². The number of benzene rings is 2. The summed E-state index contributed by atoms with van der Waals surface area (Å²) >= 11 is 0. The zero-order chi connectivity index (χ0) is 19.6. The molecule has 0 spiro atoms. The van der Waals surface area contributed by atoms with Gasteiger partial charge in [0.05, 0.1) is 20.1 Å². The Hall–Kier alpha value is -3.35. The van der Waals surface area contributed by atoms with Crippen molar-refractivity contribution in [2.75, 3.05) is 26.1 Å². The van der Waals surface area contributed by atoms with Gasteiger partial charge in [0.15, 0.2) is 12.4 Å². The number of hydrogen-bond donors (Lipinski definition) is 1. The summed E-state index contributed by atoms with van der Waals surface area (Å²) in [7, 11) is 2.93. The van der Waals surface area contributed by atoms with Gasteiger partial charge in [0.1, 0.15) is 17.1 Å². The van der Waals surface area contributed by atoms with Crippen LogP contribution < -0.4 is 14.8 Å². The summed E-state index contributed by atoms with van der Waals surface area (Å²) < 4.78 is 15.4. The quantitative estimate of drug-likeness (QED) is 0.622. The normalized spacial score (nSPS) is 14.9. The van der Waals surface area contributed by atoms with Crippen molar-refractivity contribution in [2.24, 2.45) is 0 Å². The van der Waals surface area contributed by atoms with Gasteiger partial charge in [-0.05, 0) is 42.8 Å². The topological polar surface area (TPSA) is 90.9 Å². The summed E-state index contributed by atoms with van der Waals surface area (Å²) in [6.45, 7) is 1.36. The summed E-state index contributed by atoms with van der Waals surface area (Å²) in [4.78, 5) is 36.4. The molecule has 0 bridgehead atoms. The summed E-state index contributed by atoms with van der Waals surface area (Å²) in [5, 5.41) is 2.75. The van der Waals surface area contributed by atoms with E-state index in [9.17, 15) is 14.4 Å². The van der Waals surface area contributed by atoms with Crippen LogP contribution in [0.5, 0.6) is 11.5 Å². The second kappa shape index (κ2) is 7.49. The van der Waals surface area contributed by atoms with Crippen molar-refractivity contribution >= 4 is 23.3 Å². The maximum atomic E-state index is 12.4. The highest BCUT2D eigenvalue weighted by Gasteiger charge is 2.27. The Balaban J connectivity index is 1.70. The first-order chi connectivity index (χ1) is 12.9. The minimum atomic E-state index is -0.672. The minimum absolute atomic E-state index is 0.104. The predicted molar refractivity (Wildman–Crippen MR) is 97.6 cm³/mol. The summed E-state index contributed by atoms with van der Waals surface area (Å²) in [6.07, 6.45) is 0. The van der Waals surface area contributed by atoms with Crippen LogP contribution in [0, 0.1) is 0 Å². The molecule has 0 radical (unpaired) electrons. The summed E-state index contributed by atoms with van der Waals surface area (Å²) in [5.74, 6) is -0.622. The number of hydrogen-bond acceptors (Lipinski definition) is 6. The van der Waals surface area contributed by atoms with E-state index in [0.717, 1.165) is 5.56 Å². The van der Waals surface area contributed by atoms with Crippen LogP contribution in [0.15, 0.2) is 36.4 Å². The lowest BCUT2D eigenvalue weighted by Crippen LogP contribution is -2.15. The number of esters is 1. The van der Waals surface area contributed by atoms with Gasteiger partial charge in [0.25, 0.3) is 0 Å². The molecule has 1 aliphatic heterocycles. The molecule has 1 aliphatic rings. The van der Waals surface area contributed by atoms with E-state index in [1.165, 1.54) is 20.3 Å². The standard InChI is InChI=1S/C20H19NO6/c1-11-15-8-12(4-7-16(15)21-19(11)23)17(22)10-27-20(24)14-6-5-13(25-2)9-18(14)26-3/h4-9,11H,10H2,1-3H3,(H,21,23)/t11-/m1/s1. The Morgan fingerprint density at radius 1 is 1.07 bits per heavy atom. The number of amides is 1. The molecule has 0 fully saturated rings. The first-order valence-electron chi connectivity index (χ1n) is 8.31. The van der Waals surface area contributed by atoms with Crippen LogP contribution in [-0.4, -0.2) is 38.5 Å². The molecule has 7 nitrogen and oxygen atoms in total. The SMILES string of the molecule is COc1ccc(C(=O)OCC(=O)c2ccc3c(c2)[C@@H](C)C(=O)N3)c(OC)c1. The fourth-order valence-corrected chi connectivity index (χ4v) is 2.85. The predicted octanol–water partition coefficient (Wildman–Crippen LogP) is 2.80. The van der Waals surface area contributed by atoms with E-state index in [0.29, 0.717) is 22.7 Å². The van der Waals surface area contributed by atoms with E-state index in [1.54, 1.807) is 37.3 Å². The lowest BCUT2D eigenvalue weighted by molar-refractivity contribution is -0.116. The van der Waals surface area contributed by atoms with Crippen molar-refractivity contribution in [2.45, 2.75) is 12.8 Å². The molecule has 2 aromatic rings. The number of ether oxygens (including phenoxy) is 3. The third kappa shape index (κ3) is 3.62. The van der Waals surface area contributed by atoms with E-state index in [1.807, 2.05) is 0 Å². The van der Waals surface area contributed by atoms with Gasteiger partial charge in [0.2, 0.25) is 5.91 Å². The summed E-state index contributed by atoms with van der Waals surface area (Å²) in [6, 6.07) is 9.61. The van der Waals surface area contributed by atoms with Gasteiger partial charge < -0.3 is 19.5 Å². The van der Waals surface area contributed by atoms with Crippen molar-refractivity contribution < 1.29 is 28.6 Å². The van der Waals surface area contributed by atoms with Gasteiger partial charge >= 0.3 is 5.97 Å². The third-order valence-electron chi connectivity index (χ3n) is 4.45. The highest BCUT2D eigenvalue weighted by molar-refractivity contribution is 6.05. The number of ketones is 1. The van der Waals surface area contributed by atoms with Crippen LogP contribution in [-0.2, 0) is 9.53 Å². The molecular formula is C20H19NO6. The van der Waals surface area contributed by atoms with Crippen molar-refractivity contribution in [3.05, 3.63) is 53.1 Å². The van der Waals surface area contributed by atoms with Crippen LogP contribution in [0.3, 0.4) is 0 Å². The molecule has 27 heavy (non-hydrogen) atoms. The van der Waals surface area contributed by atoms with Crippen LogP contribution in [0.25, 0.3) is 0 Å². The van der Waals surface area contributed by atoms with Gasteiger partial charge in [0, 0.05) is 17.3 Å². The number of anilines is 1. The number of fused-ring (bicyclic) bond motifs is 1. The molecule has 1 amide bonds. The smallest absolute Gasteiger partial charge is 0.342 e. The molecular weight excluding hydrogens is 350 g/mol. The molecule has 0 aliphatic carbocycles. The second-order valence-electron chi connectivity index (χ2n) is 6.08. The number of carbonyl (C=O) groups is 3. The molecule has 7 heteroatoms. The molecule has 0 saturated carbocycles. The Bertz CT molecular complexity index is 921. The number of methoxy groups -OCH3 is 2. The monoisotopic (exact) mass is 369 g/mol. The molecule has 0 aromatic heterocycles. The number of rotatable bonds is 6. The van der Waals surface area contributed by atoms with Gasteiger partial charge in [-0.2, -0.15) is 0 Å². The Morgan fingerprint density at radius 3 is 2.56 bits per heavy atom. The van der Waals surface area contributed by atoms with Crippen molar-refractivity contribution in [1.82, 2.24) is 0 Å². The van der Waals surface area contributed by atoms with Crippen molar-refractivity contribution in [1.29, 1.82) is 0 Å². The van der Waals surface area contributed by atoms with E-state index in [2.05, 4.69) is 5.32 Å². The highest BCUT2D eigenvalue weighted by Crippen LogP contribution is 2.32. The van der Waals surface area contributed by atoms with Crippen molar-refractivity contribution in [3.8, 4) is 11.5 Å². The molecule has 1 atom stereocenters. The molecule has 2 aromatic carbocycles. The molecule has 0 saturated heterocycles. The fourth-order valence-electron chi connectivity index (χ4n) is 2.85. The van der Waals surface area contributed by atoms with E-state index in [4.69, 9.17) is 14.2 Å². The average Bonchev–Trinajstić information content (AvgIpc) is 2.98. The van der Waals surface area contributed by atoms with E-state index < -0.39 is 12.6 Å². The first-order valence-corrected chi connectivity index (χ1v) is 8.31. The van der Waals surface area contributed by atoms with Crippen LogP contribution in [0.4, 0.5) is 5.69 Å².